The molecule has 1 rings (SSSR count). The lowest BCUT2D eigenvalue weighted by atomic mass is 10.5. The van der Waals surface area contributed by atoms with E-state index < -0.39 is 11.8 Å². The van der Waals surface area contributed by atoms with E-state index in [2.05, 4.69) is 38.0 Å². The predicted octanol–water partition coefficient (Wildman–Crippen LogP) is -1.79. The third kappa shape index (κ3) is 3.92. The number of hydrogen-bond acceptors (Lipinski definition) is 6. The van der Waals surface area contributed by atoms with Gasteiger partial charge < -0.3 is 11.1 Å². The second-order valence-electron chi connectivity index (χ2n) is 2.57. The van der Waals surface area contributed by atoms with Gasteiger partial charge >= 0.3 is 11.8 Å². The molecule has 0 bridgehead atoms. The summed E-state index contributed by atoms with van der Waals surface area (Å²) in [6.45, 7) is -0.0461. The smallest absolute Gasteiger partial charge is 0.316 e. The molecular formula is C7H8N6O2S. The van der Waals surface area contributed by atoms with Gasteiger partial charge in [0.15, 0.2) is 0 Å². The van der Waals surface area contributed by atoms with E-state index in [1.165, 1.54) is 12.4 Å². The SMILES string of the molecule is NC(=S)CNC(=O)C(=O)Nc1nccnn1. The summed E-state index contributed by atoms with van der Waals surface area (Å²) in [5.74, 6) is -1.84. The number of carbonyl (C=O) groups is 2. The molecule has 1 heterocycles. The Hall–Kier alpha value is -2.16. The second-order valence-corrected chi connectivity index (χ2v) is 3.09. The normalized spacial score (nSPS) is 9.25. The summed E-state index contributed by atoms with van der Waals surface area (Å²) in [4.78, 5) is 26.1. The van der Waals surface area contributed by atoms with Crippen LogP contribution in [0.1, 0.15) is 0 Å². The van der Waals surface area contributed by atoms with E-state index in [-0.39, 0.29) is 17.5 Å². The highest BCUT2D eigenvalue weighted by Gasteiger charge is 2.14. The maximum Gasteiger partial charge on any atom is 0.316 e. The summed E-state index contributed by atoms with van der Waals surface area (Å²) in [5, 5.41) is 11.3. The second kappa shape index (κ2) is 5.66. The largest absolute Gasteiger partial charge is 0.392 e. The fourth-order valence-electron chi connectivity index (χ4n) is 0.711. The Morgan fingerprint density at radius 2 is 2.12 bits per heavy atom. The zero-order chi connectivity index (χ0) is 12.0. The lowest BCUT2D eigenvalue weighted by Gasteiger charge is -2.03. The molecule has 0 spiro atoms. The van der Waals surface area contributed by atoms with Gasteiger partial charge in [-0.15, -0.1) is 5.10 Å². The fourth-order valence-corrected chi connectivity index (χ4v) is 0.783. The number of anilines is 1. The minimum atomic E-state index is -0.913. The third-order valence-corrected chi connectivity index (χ3v) is 1.48. The van der Waals surface area contributed by atoms with Crippen molar-refractivity contribution in [3.05, 3.63) is 12.4 Å². The minimum absolute atomic E-state index is 0.0461. The van der Waals surface area contributed by atoms with E-state index in [9.17, 15) is 9.59 Å². The number of carbonyl (C=O) groups excluding carboxylic acids is 2. The highest BCUT2D eigenvalue weighted by Crippen LogP contribution is 1.90. The molecule has 0 radical (unpaired) electrons. The molecule has 2 amide bonds. The van der Waals surface area contributed by atoms with Crippen LogP contribution < -0.4 is 16.4 Å². The van der Waals surface area contributed by atoms with Crippen LogP contribution in [0.3, 0.4) is 0 Å². The van der Waals surface area contributed by atoms with Gasteiger partial charge in [0, 0.05) is 0 Å². The van der Waals surface area contributed by atoms with Gasteiger partial charge in [-0.05, 0) is 0 Å². The van der Waals surface area contributed by atoms with Crippen LogP contribution in [-0.2, 0) is 9.59 Å². The Kier molecular flexibility index (Phi) is 4.21. The molecule has 0 aliphatic carbocycles. The Morgan fingerprint density at radius 3 is 2.69 bits per heavy atom. The molecule has 0 aliphatic heterocycles. The molecule has 1 aromatic rings. The molecule has 0 fully saturated rings. The van der Waals surface area contributed by atoms with Crippen LogP contribution in [0, 0.1) is 0 Å². The van der Waals surface area contributed by atoms with Gasteiger partial charge in [-0.1, -0.05) is 12.2 Å². The number of thiocarbonyl (C=S) groups is 1. The van der Waals surface area contributed by atoms with Crippen LogP contribution in [0.15, 0.2) is 12.4 Å². The van der Waals surface area contributed by atoms with Crippen molar-refractivity contribution in [3.8, 4) is 0 Å². The van der Waals surface area contributed by atoms with Crippen LogP contribution in [-0.4, -0.2) is 38.5 Å². The van der Waals surface area contributed by atoms with Gasteiger partial charge in [0.05, 0.1) is 23.9 Å². The van der Waals surface area contributed by atoms with Crippen LogP contribution in [0.25, 0.3) is 0 Å². The molecule has 16 heavy (non-hydrogen) atoms. The highest BCUT2D eigenvalue weighted by atomic mass is 32.1. The van der Waals surface area contributed by atoms with Crippen LogP contribution >= 0.6 is 12.2 Å². The number of hydrogen-bond donors (Lipinski definition) is 3. The topological polar surface area (TPSA) is 123 Å². The Labute approximate surface area is 95.6 Å². The van der Waals surface area contributed by atoms with Crippen molar-refractivity contribution >= 4 is 35.0 Å². The molecule has 8 nitrogen and oxygen atoms in total. The number of nitrogens with zero attached hydrogens (tertiary/aromatic N) is 3. The van der Waals surface area contributed by atoms with E-state index in [4.69, 9.17) is 5.73 Å². The summed E-state index contributed by atoms with van der Waals surface area (Å²) < 4.78 is 0. The number of aromatic nitrogens is 3. The monoisotopic (exact) mass is 240 g/mol. The Balaban J connectivity index is 2.46. The van der Waals surface area contributed by atoms with Gasteiger partial charge in [0.25, 0.3) is 0 Å². The lowest BCUT2D eigenvalue weighted by molar-refractivity contribution is -0.136. The average molecular weight is 240 g/mol. The zero-order valence-electron chi connectivity index (χ0n) is 8.01. The first kappa shape index (κ1) is 11.9. The highest BCUT2D eigenvalue weighted by molar-refractivity contribution is 7.80. The first-order valence-electron chi connectivity index (χ1n) is 4.11. The zero-order valence-corrected chi connectivity index (χ0v) is 8.82. The van der Waals surface area contributed by atoms with Crippen molar-refractivity contribution in [3.63, 3.8) is 0 Å². The minimum Gasteiger partial charge on any atom is -0.392 e. The summed E-state index contributed by atoms with van der Waals surface area (Å²) in [5.41, 5.74) is 5.14. The van der Waals surface area contributed by atoms with E-state index in [1.54, 1.807) is 0 Å². The number of nitrogens with one attached hydrogen (secondary N) is 2. The van der Waals surface area contributed by atoms with Crippen molar-refractivity contribution in [2.45, 2.75) is 0 Å². The van der Waals surface area contributed by atoms with Crippen molar-refractivity contribution in [1.29, 1.82) is 0 Å². The van der Waals surface area contributed by atoms with E-state index in [0.717, 1.165) is 0 Å². The van der Waals surface area contributed by atoms with Crippen LogP contribution in [0.4, 0.5) is 5.95 Å². The number of nitrogens with two attached hydrogens (primary N) is 1. The predicted molar refractivity (Wildman–Crippen MR) is 58.3 cm³/mol. The molecule has 0 aliphatic rings. The lowest BCUT2D eigenvalue weighted by Crippen LogP contribution is -2.39. The number of rotatable bonds is 3. The Bertz CT molecular complexity index is 409. The summed E-state index contributed by atoms with van der Waals surface area (Å²) in [7, 11) is 0. The standard InChI is InChI=1S/C7H8N6O2S/c8-4(16)3-10-5(14)6(15)12-7-9-1-2-11-13-7/h1-2H,3H2,(H2,8,16)(H,10,14)(H,9,12,13,15). The maximum atomic E-state index is 11.2. The van der Waals surface area contributed by atoms with Crippen molar-refractivity contribution in [1.82, 2.24) is 20.5 Å². The molecule has 0 aromatic carbocycles. The van der Waals surface area contributed by atoms with Crippen LogP contribution in [0.2, 0.25) is 0 Å². The van der Waals surface area contributed by atoms with Crippen molar-refractivity contribution in [2.75, 3.05) is 11.9 Å². The van der Waals surface area contributed by atoms with Crippen molar-refractivity contribution < 1.29 is 9.59 Å². The maximum absolute atomic E-state index is 11.2. The summed E-state index contributed by atoms with van der Waals surface area (Å²) in [6, 6.07) is 0. The van der Waals surface area contributed by atoms with Gasteiger partial charge in [-0.3, -0.25) is 14.9 Å². The summed E-state index contributed by atoms with van der Waals surface area (Å²) >= 11 is 4.53. The van der Waals surface area contributed by atoms with Gasteiger partial charge in [0.2, 0.25) is 5.95 Å². The molecule has 0 unspecified atom stereocenters. The first-order chi connectivity index (χ1) is 7.59. The molecule has 0 atom stereocenters. The quantitative estimate of drug-likeness (QED) is 0.421. The summed E-state index contributed by atoms with van der Waals surface area (Å²) in [6.07, 6.45) is 2.66. The van der Waals surface area contributed by atoms with E-state index in [1.807, 2.05) is 0 Å². The molecule has 1 aromatic heterocycles. The molecular weight excluding hydrogens is 232 g/mol. The number of amides is 2. The van der Waals surface area contributed by atoms with Crippen LogP contribution in [0.5, 0.6) is 0 Å². The molecule has 4 N–H and O–H groups in total. The Morgan fingerprint density at radius 1 is 1.38 bits per heavy atom. The molecule has 0 saturated heterocycles. The molecule has 84 valence electrons. The first-order valence-corrected chi connectivity index (χ1v) is 4.51. The van der Waals surface area contributed by atoms with Gasteiger partial charge in [0.1, 0.15) is 0 Å². The fraction of sp³-hybridized carbons (Fsp3) is 0.143. The van der Waals surface area contributed by atoms with Gasteiger partial charge in [-0.25, -0.2) is 4.98 Å². The molecule has 0 saturated carbocycles. The molecule has 9 heteroatoms. The van der Waals surface area contributed by atoms with E-state index >= 15 is 0 Å². The van der Waals surface area contributed by atoms with E-state index in [0.29, 0.717) is 0 Å². The average Bonchev–Trinajstić information content (AvgIpc) is 2.27. The van der Waals surface area contributed by atoms with Gasteiger partial charge in [-0.2, -0.15) is 5.10 Å². The van der Waals surface area contributed by atoms with Crippen molar-refractivity contribution in [2.24, 2.45) is 5.73 Å². The third-order valence-electron chi connectivity index (χ3n) is 1.34.